The van der Waals surface area contributed by atoms with Gasteiger partial charge in [0.25, 0.3) is 0 Å². The summed E-state index contributed by atoms with van der Waals surface area (Å²) in [7, 11) is 1.65. The molecule has 20 heavy (non-hydrogen) atoms. The fraction of sp³-hybridized carbons (Fsp3) is 0.294. The lowest BCUT2D eigenvalue weighted by Gasteiger charge is -2.15. The molecule has 0 radical (unpaired) electrons. The highest BCUT2D eigenvalue weighted by Crippen LogP contribution is 2.23. The average Bonchev–Trinajstić information content (AvgIpc) is 2.44. The Kier molecular flexibility index (Phi) is 4.64. The molecule has 3 heteroatoms. The van der Waals surface area contributed by atoms with Crippen molar-refractivity contribution in [2.24, 2.45) is 0 Å². The van der Waals surface area contributed by atoms with Gasteiger partial charge >= 0.3 is 0 Å². The third-order valence-electron chi connectivity index (χ3n) is 3.32. The number of ether oxygens (including phenoxy) is 1. The molecular formula is C17H21NO2. The molecule has 1 unspecified atom stereocenters. The van der Waals surface area contributed by atoms with Crippen LogP contribution in [0.1, 0.15) is 22.8 Å². The van der Waals surface area contributed by atoms with Crippen molar-refractivity contribution in [1.29, 1.82) is 0 Å². The maximum Gasteiger partial charge on any atom is 0.121 e. The van der Waals surface area contributed by atoms with Crippen molar-refractivity contribution in [3.8, 4) is 5.75 Å². The molecule has 2 N–H and O–H groups in total. The summed E-state index contributed by atoms with van der Waals surface area (Å²) in [5.41, 5.74) is 4.14. The maximum absolute atomic E-state index is 10.2. The summed E-state index contributed by atoms with van der Waals surface area (Å²) in [6, 6.07) is 13.9. The Morgan fingerprint density at radius 3 is 2.60 bits per heavy atom. The number of nitrogens with one attached hydrogen (secondary N) is 1. The summed E-state index contributed by atoms with van der Waals surface area (Å²) in [5.74, 6) is 0.840. The number of hydrogen-bond donors (Lipinski definition) is 2. The molecule has 106 valence electrons. The lowest BCUT2D eigenvalue weighted by molar-refractivity contribution is 0.191. The highest BCUT2D eigenvalue weighted by Gasteiger charge is 2.09. The van der Waals surface area contributed by atoms with Crippen molar-refractivity contribution in [3.05, 3.63) is 59.2 Å². The molecule has 0 fully saturated rings. The molecule has 2 aromatic carbocycles. The number of aliphatic hydroxyl groups excluding tert-OH is 1. The van der Waals surface area contributed by atoms with Crippen LogP contribution in [0.3, 0.4) is 0 Å². The second-order valence-electron chi connectivity index (χ2n) is 5.00. The first-order valence-electron chi connectivity index (χ1n) is 6.73. The zero-order chi connectivity index (χ0) is 14.5. The van der Waals surface area contributed by atoms with Gasteiger partial charge in [-0.2, -0.15) is 0 Å². The molecule has 0 bridgehead atoms. The molecule has 3 nitrogen and oxygen atoms in total. The lowest BCUT2D eigenvalue weighted by Crippen LogP contribution is -2.12. The van der Waals surface area contributed by atoms with E-state index in [1.54, 1.807) is 7.11 Å². The SMILES string of the molecule is COc1ccc(C(O)CNc2cccc(C)c2)cc1C. The number of hydrogen-bond acceptors (Lipinski definition) is 3. The number of aliphatic hydroxyl groups is 1. The van der Waals surface area contributed by atoms with Crippen LogP contribution in [0.2, 0.25) is 0 Å². The highest BCUT2D eigenvalue weighted by atomic mass is 16.5. The Bertz CT molecular complexity index is 581. The van der Waals surface area contributed by atoms with Crippen LogP contribution >= 0.6 is 0 Å². The second kappa shape index (κ2) is 6.44. The summed E-state index contributed by atoms with van der Waals surface area (Å²) in [6.07, 6.45) is -0.542. The predicted octanol–water partition coefficient (Wildman–Crippen LogP) is 3.46. The van der Waals surface area contributed by atoms with E-state index in [4.69, 9.17) is 4.74 Å². The van der Waals surface area contributed by atoms with Gasteiger partial charge < -0.3 is 15.2 Å². The third kappa shape index (κ3) is 3.52. The maximum atomic E-state index is 10.2. The molecule has 0 spiro atoms. The fourth-order valence-corrected chi connectivity index (χ4v) is 2.20. The Labute approximate surface area is 120 Å². The molecule has 1 atom stereocenters. The Morgan fingerprint density at radius 2 is 1.95 bits per heavy atom. The van der Waals surface area contributed by atoms with Crippen molar-refractivity contribution in [1.82, 2.24) is 0 Å². The molecular weight excluding hydrogens is 250 g/mol. The van der Waals surface area contributed by atoms with E-state index >= 15 is 0 Å². The van der Waals surface area contributed by atoms with Gasteiger partial charge in [-0.15, -0.1) is 0 Å². The predicted molar refractivity (Wildman–Crippen MR) is 82.4 cm³/mol. The number of methoxy groups -OCH3 is 1. The minimum atomic E-state index is -0.542. The van der Waals surface area contributed by atoms with Gasteiger partial charge in [-0.3, -0.25) is 0 Å². The Morgan fingerprint density at radius 1 is 1.15 bits per heavy atom. The van der Waals surface area contributed by atoms with Gasteiger partial charge in [0.15, 0.2) is 0 Å². The Balaban J connectivity index is 2.01. The average molecular weight is 271 g/mol. The summed E-state index contributed by atoms with van der Waals surface area (Å²) in [4.78, 5) is 0. The van der Waals surface area contributed by atoms with Gasteiger partial charge in [0, 0.05) is 12.2 Å². The minimum absolute atomic E-state index is 0.481. The minimum Gasteiger partial charge on any atom is -0.496 e. The smallest absolute Gasteiger partial charge is 0.121 e. The van der Waals surface area contributed by atoms with Crippen molar-refractivity contribution >= 4 is 5.69 Å². The molecule has 0 amide bonds. The van der Waals surface area contributed by atoms with Gasteiger partial charge in [-0.05, 0) is 54.8 Å². The molecule has 0 aliphatic carbocycles. The van der Waals surface area contributed by atoms with Crippen LogP contribution in [-0.2, 0) is 0 Å². The summed E-state index contributed by atoms with van der Waals surface area (Å²) < 4.78 is 5.22. The lowest BCUT2D eigenvalue weighted by atomic mass is 10.1. The summed E-state index contributed by atoms with van der Waals surface area (Å²) in [6.45, 7) is 4.51. The number of rotatable bonds is 5. The normalized spacial score (nSPS) is 12.0. The monoisotopic (exact) mass is 271 g/mol. The standard InChI is InChI=1S/C17H21NO2/c1-12-5-4-6-15(9-12)18-11-16(19)14-7-8-17(20-3)13(2)10-14/h4-10,16,18-19H,11H2,1-3H3. The zero-order valence-corrected chi connectivity index (χ0v) is 12.2. The largest absolute Gasteiger partial charge is 0.496 e. The van der Waals surface area contributed by atoms with E-state index in [0.29, 0.717) is 6.54 Å². The number of aryl methyl sites for hydroxylation is 2. The van der Waals surface area contributed by atoms with Gasteiger partial charge in [-0.1, -0.05) is 18.2 Å². The molecule has 0 saturated carbocycles. The second-order valence-corrected chi connectivity index (χ2v) is 5.00. The van der Waals surface area contributed by atoms with E-state index in [1.807, 2.05) is 37.3 Å². The van der Waals surface area contributed by atoms with Crippen molar-refractivity contribution in [3.63, 3.8) is 0 Å². The number of benzene rings is 2. The van der Waals surface area contributed by atoms with Crippen LogP contribution in [0.4, 0.5) is 5.69 Å². The molecule has 0 aliphatic heterocycles. The highest BCUT2D eigenvalue weighted by molar-refractivity contribution is 5.46. The first-order valence-corrected chi connectivity index (χ1v) is 6.73. The molecule has 0 aromatic heterocycles. The van der Waals surface area contributed by atoms with Gasteiger partial charge in [-0.25, -0.2) is 0 Å². The molecule has 2 rings (SSSR count). The van der Waals surface area contributed by atoms with Gasteiger partial charge in [0.1, 0.15) is 5.75 Å². The first-order chi connectivity index (χ1) is 9.60. The van der Waals surface area contributed by atoms with Crippen LogP contribution in [0, 0.1) is 13.8 Å². The number of anilines is 1. The van der Waals surface area contributed by atoms with Gasteiger partial charge in [0.05, 0.1) is 13.2 Å². The van der Waals surface area contributed by atoms with Gasteiger partial charge in [0.2, 0.25) is 0 Å². The molecule has 2 aromatic rings. The summed E-state index contributed by atoms with van der Waals surface area (Å²) >= 11 is 0. The van der Waals surface area contributed by atoms with Crippen LogP contribution in [0.25, 0.3) is 0 Å². The van der Waals surface area contributed by atoms with E-state index in [1.165, 1.54) is 5.56 Å². The van der Waals surface area contributed by atoms with Crippen molar-refractivity contribution in [2.45, 2.75) is 20.0 Å². The van der Waals surface area contributed by atoms with E-state index in [9.17, 15) is 5.11 Å². The zero-order valence-electron chi connectivity index (χ0n) is 12.2. The molecule has 0 aliphatic rings. The third-order valence-corrected chi connectivity index (χ3v) is 3.32. The first kappa shape index (κ1) is 14.4. The van der Waals surface area contributed by atoms with Crippen molar-refractivity contribution in [2.75, 3.05) is 19.0 Å². The van der Waals surface area contributed by atoms with Crippen molar-refractivity contribution < 1.29 is 9.84 Å². The fourth-order valence-electron chi connectivity index (χ4n) is 2.20. The van der Waals surface area contributed by atoms with E-state index in [0.717, 1.165) is 22.6 Å². The van der Waals surface area contributed by atoms with Crippen LogP contribution in [0.15, 0.2) is 42.5 Å². The van der Waals surface area contributed by atoms with Crippen LogP contribution < -0.4 is 10.1 Å². The van der Waals surface area contributed by atoms with E-state index < -0.39 is 6.10 Å². The Hall–Kier alpha value is -2.00. The summed E-state index contributed by atoms with van der Waals surface area (Å²) in [5, 5.41) is 13.5. The van der Waals surface area contributed by atoms with Crippen LogP contribution in [-0.4, -0.2) is 18.8 Å². The molecule has 0 saturated heterocycles. The van der Waals surface area contributed by atoms with E-state index in [-0.39, 0.29) is 0 Å². The topological polar surface area (TPSA) is 41.5 Å². The van der Waals surface area contributed by atoms with E-state index in [2.05, 4.69) is 24.4 Å². The molecule has 0 heterocycles. The van der Waals surface area contributed by atoms with Crippen LogP contribution in [0.5, 0.6) is 5.75 Å². The quantitative estimate of drug-likeness (QED) is 0.875.